The van der Waals surface area contributed by atoms with Gasteiger partial charge in [0.05, 0.1) is 11.3 Å². The van der Waals surface area contributed by atoms with Crippen LogP contribution in [0.15, 0.2) is 88.9 Å². The first kappa shape index (κ1) is 21.4. The molecule has 154 valence electrons. The van der Waals surface area contributed by atoms with Gasteiger partial charge in [0.15, 0.2) is 5.04 Å². The van der Waals surface area contributed by atoms with E-state index in [0.717, 1.165) is 34.4 Å². The molecule has 1 amide bonds. The van der Waals surface area contributed by atoms with Crippen molar-refractivity contribution < 1.29 is 18.0 Å². The minimum Gasteiger partial charge on any atom is -0.320 e. The summed E-state index contributed by atoms with van der Waals surface area (Å²) in [5, 5.41) is 6.72. The number of benzene rings is 3. The molecular formula is C22H18F3N3OS. The summed E-state index contributed by atoms with van der Waals surface area (Å²) in [6.07, 6.45) is -4.50. The quantitative estimate of drug-likeness (QED) is 0.226. The Bertz CT molecular complexity index is 1040. The normalized spacial score (nSPS) is 11.8. The molecule has 3 aromatic carbocycles. The van der Waals surface area contributed by atoms with Crippen molar-refractivity contribution in [1.82, 2.24) is 0 Å². The molecule has 0 saturated carbocycles. The van der Waals surface area contributed by atoms with Crippen molar-refractivity contribution in [1.29, 1.82) is 0 Å². The third-order valence-corrected chi connectivity index (χ3v) is 4.92. The summed E-state index contributed by atoms with van der Waals surface area (Å²) in [5.74, 6) is -0.622. The summed E-state index contributed by atoms with van der Waals surface area (Å²) >= 11 is 1.11. The first-order valence-electron chi connectivity index (χ1n) is 8.93. The molecule has 0 unspecified atom stereocenters. The number of nitrogens with one attached hydrogen (secondary N) is 2. The average molecular weight is 429 g/mol. The molecule has 0 aliphatic heterocycles. The fourth-order valence-corrected chi connectivity index (χ4v) is 3.15. The van der Waals surface area contributed by atoms with Crippen LogP contribution < -0.4 is 10.7 Å². The summed E-state index contributed by atoms with van der Waals surface area (Å²) in [7, 11) is 0. The highest BCUT2D eigenvalue weighted by Crippen LogP contribution is 2.31. The number of carbonyl (C=O) groups is 1. The Hall–Kier alpha value is -3.26. The smallest absolute Gasteiger partial charge is 0.320 e. The lowest BCUT2D eigenvalue weighted by atomic mass is 10.2. The van der Waals surface area contributed by atoms with Gasteiger partial charge in [-0.25, -0.2) is 0 Å². The van der Waals surface area contributed by atoms with E-state index in [-0.39, 0.29) is 10.7 Å². The highest BCUT2D eigenvalue weighted by molar-refractivity contribution is 8.15. The molecule has 4 nitrogen and oxygen atoms in total. The van der Waals surface area contributed by atoms with Gasteiger partial charge in [0.2, 0.25) is 0 Å². The van der Waals surface area contributed by atoms with Crippen LogP contribution in [0.4, 0.5) is 24.5 Å². The van der Waals surface area contributed by atoms with E-state index in [4.69, 9.17) is 0 Å². The summed E-state index contributed by atoms with van der Waals surface area (Å²) in [5.41, 5.74) is 3.73. The number of carbonyl (C=O) groups excluding carboxylic acids is 1. The molecule has 0 radical (unpaired) electrons. The lowest BCUT2D eigenvalue weighted by molar-refractivity contribution is -0.137. The van der Waals surface area contributed by atoms with Gasteiger partial charge < -0.3 is 5.32 Å². The molecule has 0 bridgehead atoms. The van der Waals surface area contributed by atoms with Crippen LogP contribution in [0.3, 0.4) is 0 Å². The Kier molecular flexibility index (Phi) is 6.79. The second kappa shape index (κ2) is 9.49. The Morgan fingerprint density at radius 2 is 1.57 bits per heavy atom. The fraction of sp³-hybridized carbons (Fsp3) is 0.0909. The summed E-state index contributed by atoms with van der Waals surface area (Å²) in [6.45, 7) is 1.95. The van der Waals surface area contributed by atoms with Gasteiger partial charge in [0.1, 0.15) is 0 Å². The topological polar surface area (TPSA) is 53.5 Å². The van der Waals surface area contributed by atoms with Gasteiger partial charge in [-0.3, -0.25) is 10.2 Å². The Morgan fingerprint density at radius 1 is 0.900 bits per heavy atom. The van der Waals surface area contributed by atoms with Crippen LogP contribution in [-0.2, 0) is 11.0 Å². The van der Waals surface area contributed by atoms with E-state index in [2.05, 4.69) is 15.8 Å². The Morgan fingerprint density at radius 3 is 2.23 bits per heavy atom. The average Bonchev–Trinajstić information content (AvgIpc) is 2.73. The van der Waals surface area contributed by atoms with Crippen LogP contribution in [0.1, 0.15) is 11.1 Å². The van der Waals surface area contributed by atoms with E-state index in [0.29, 0.717) is 5.69 Å². The minimum atomic E-state index is -4.50. The molecule has 30 heavy (non-hydrogen) atoms. The largest absolute Gasteiger partial charge is 0.416 e. The standard InChI is InChI=1S/C22H18F3N3OS/c1-15-10-12-19(13-11-15)30-21(28-27-17-7-3-2-4-8-17)20(29)26-18-9-5-6-16(14-18)22(23,24)25/h2-14,27H,1H3,(H,26,29)/b28-21+. The molecule has 0 spiro atoms. The van der Waals surface area contributed by atoms with Crippen molar-refractivity contribution in [2.45, 2.75) is 18.0 Å². The molecule has 8 heteroatoms. The fourth-order valence-electron chi connectivity index (χ4n) is 2.42. The predicted molar refractivity (Wildman–Crippen MR) is 115 cm³/mol. The maximum atomic E-state index is 12.9. The number of halogens is 3. The lowest BCUT2D eigenvalue weighted by Gasteiger charge is -2.11. The zero-order valence-corrected chi connectivity index (χ0v) is 16.7. The molecule has 0 atom stereocenters. The van der Waals surface area contributed by atoms with Crippen LogP contribution >= 0.6 is 11.8 Å². The zero-order chi connectivity index (χ0) is 21.6. The highest BCUT2D eigenvalue weighted by atomic mass is 32.2. The molecular weight excluding hydrogens is 411 g/mol. The van der Waals surface area contributed by atoms with Crippen LogP contribution in [0.25, 0.3) is 0 Å². The van der Waals surface area contributed by atoms with Crippen molar-refractivity contribution in [3.63, 3.8) is 0 Å². The number of hydrazone groups is 1. The number of anilines is 2. The van der Waals surface area contributed by atoms with Crippen molar-refractivity contribution in [2.75, 3.05) is 10.7 Å². The van der Waals surface area contributed by atoms with Gasteiger partial charge in [-0.1, -0.05) is 53.7 Å². The van der Waals surface area contributed by atoms with E-state index in [1.54, 1.807) is 12.1 Å². The first-order valence-corrected chi connectivity index (χ1v) is 9.75. The lowest BCUT2D eigenvalue weighted by Crippen LogP contribution is -2.21. The van der Waals surface area contributed by atoms with E-state index in [1.807, 2.05) is 49.4 Å². The predicted octanol–water partition coefficient (Wildman–Crippen LogP) is 6.17. The van der Waals surface area contributed by atoms with Gasteiger partial charge in [0, 0.05) is 10.6 Å². The summed E-state index contributed by atoms with van der Waals surface area (Å²) in [6, 6.07) is 21.0. The molecule has 0 aliphatic rings. The van der Waals surface area contributed by atoms with E-state index in [9.17, 15) is 18.0 Å². The first-order chi connectivity index (χ1) is 14.3. The molecule has 3 aromatic rings. The van der Waals surface area contributed by atoms with E-state index >= 15 is 0 Å². The van der Waals surface area contributed by atoms with Gasteiger partial charge in [-0.2, -0.15) is 18.3 Å². The number of nitrogens with zero attached hydrogens (tertiary/aromatic N) is 1. The van der Waals surface area contributed by atoms with Crippen molar-refractivity contribution in [3.05, 3.63) is 90.0 Å². The molecule has 0 fully saturated rings. The maximum absolute atomic E-state index is 12.9. The third kappa shape index (κ3) is 6.12. The van der Waals surface area contributed by atoms with Gasteiger partial charge in [0.25, 0.3) is 5.91 Å². The SMILES string of the molecule is Cc1ccc(S/C(=N/Nc2ccccc2)C(=O)Nc2cccc(C(F)(F)F)c2)cc1. The second-order valence-electron chi connectivity index (χ2n) is 6.34. The number of hydrogen-bond donors (Lipinski definition) is 2. The van der Waals surface area contributed by atoms with Crippen LogP contribution in [0.2, 0.25) is 0 Å². The molecule has 0 aromatic heterocycles. The van der Waals surface area contributed by atoms with Crippen LogP contribution in [0, 0.1) is 6.92 Å². The number of thioether (sulfide) groups is 1. The molecule has 0 heterocycles. The third-order valence-electron chi connectivity index (χ3n) is 3.94. The molecule has 0 aliphatic carbocycles. The minimum absolute atomic E-state index is 0.0340. The van der Waals surface area contributed by atoms with Crippen LogP contribution in [-0.4, -0.2) is 11.0 Å². The number of hydrogen-bond acceptors (Lipinski definition) is 4. The number of rotatable bonds is 4. The van der Waals surface area contributed by atoms with E-state index in [1.165, 1.54) is 12.1 Å². The van der Waals surface area contributed by atoms with Crippen molar-refractivity contribution >= 4 is 34.1 Å². The monoisotopic (exact) mass is 429 g/mol. The number of para-hydroxylation sites is 1. The second-order valence-corrected chi connectivity index (χ2v) is 7.40. The molecule has 2 N–H and O–H groups in total. The molecule has 0 saturated heterocycles. The van der Waals surface area contributed by atoms with Gasteiger partial charge >= 0.3 is 6.18 Å². The van der Waals surface area contributed by atoms with Crippen LogP contribution in [0.5, 0.6) is 0 Å². The summed E-state index contributed by atoms with van der Waals surface area (Å²) < 4.78 is 38.8. The van der Waals surface area contributed by atoms with E-state index < -0.39 is 17.6 Å². The van der Waals surface area contributed by atoms with Crippen molar-refractivity contribution in [2.24, 2.45) is 5.10 Å². The number of alkyl halides is 3. The zero-order valence-electron chi connectivity index (χ0n) is 15.9. The van der Waals surface area contributed by atoms with Gasteiger partial charge in [-0.05, 0) is 49.4 Å². The Balaban J connectivity index is 1.83. The number of amides is 1. The highest BCUT2D eigenvalue weighted by Gasteiger charge is 2.30. The van der Waals surface area contributed by atoms with Gasteiger partial charge in [-0.15, -0.1) is 0 Å². The number of aryl methyl sites for hydroxylation is 1. The maximum Gasteiger partial charge on any atom is 0.416 e. The van der Waals surface area contributed by atoms with Crippen molar-refractivity contribution in [3.8, 4) is 0 Å². The Labute approximate surface area is 176 Å². The molecule has 3 rings (SSSR count). The summed E-state index contributed by atoms with van der Waals surface area (Å²) in [4.78, 5) is 13.6.